The highest BCUT2D eigenvalue weighted by Gasteiger charge is 2.69. The Labute approximate surface area is 75.7 Å². The van der Waals surface area contributed by atoms with Gasteiger partial charge in [0.15, 0.2) is 0 Å². The fourth-order valence-corrected chi connectivity index (χ4v) is 4.61. The fraction of sp³-hybridized carbons (Fsp3) is 1.00. The first-order valence-electron chi connectivity index (χ1n) is 5.78. The third-order valence-electron chi connectivity index (χ3n) is 5.50. The Morgan fingerprint density at radius 3 is 2.75 bits per heavy atom. The minimum Gasteiger partial charge on any atom is -0.0651 e. The van der Waals surface area contributed by atoms with Gasteiger partial charge in [-0.2, -0.15) is 0 Å². The van der Waals surface area contributed by atoms with Gasteiger partial charge in [-0.1, -0.05) is 20.3 Å². The van der Waals surface area contributed by atoms with Crippen LogP contribution in [-0.4, -0.2) is 0 Å². The largest absolute Gasteiger partial charge is 0.0651 e. The van der Waals surface area contributed by atoms with Crippen LogP contribution in [0.25, 0.3) is 0 Å². The van der Waals surface area contributed by atoms with E-state index in [0.29, 0.717) is 0 Å². The molecule has 4 aliphatic rings. The van der Waals surface area contributed by atoms with Crippen molar-refractivity contribution in [2.24, 2.45) is 29.1 Å². The molecule has 4 fully saturated rings. The lowest BCUT2D eigenvalue weighted by atomic mass is 9.45. The highest BCUT2D eigenvalue weighted by Crippen LogP contribution is 2.77. The molecule has 0 N–H and O–H groups in total. The van der Waals surface area contributed by atoms with Gasteiger partial charge in [0.2, 0.25) is 0 Å². The van der Waals surface area contributed by atoms with Gasteiger partial charge in [0, 0.05) is 0 Å². The van der Waals surface area contributed by atoms with Crippen LogP contribution >= 0.6 is 0 Å². The van der Waals surface area contributed by atoms with Gasteiger partial charge in [0.1, 0.15) is 0 Å². The zero-order chi connectivity index (χ0) is 8.34. The third kappa shape index (κ3) is 0.592. The first-order valence-corrected chi connectivity index (χ1v) is 5.78. The SMILES string of the molecule is CCC(C)C1CC2CC13CCC23. The Kier molecular flexibility index (Phi) is 1.28. The van der Waals surface area contributed by atoms with E-state index >= 15 is 0 Å². The van der Waals surface area contributed by atoms with Crippen molar-refractivity contribution in [3.63, 3.8) is 0 Å². The molecule has 68 valence electrons. The predicted molar refractivity (Wildman–Crippen MR) is 50.8 cm³/mol. The van der Waals surface area contributed by atoms with E-state index in [-0.39, 0.29) is 0 Å². The standard InChI is InChI=1S/C12H20/c1-3-8(2)11-6-9-7-12(11)5-4-10(9)12/h8-11H,3-7H2,1-2H3. The zero-order valence-corrected chi connectivity index (χ0v) is 8.34. The molecule has 0 aromatic heterocycles. The van der Waals surface area contributed by atoms with Crippen molar-refractivity contribution in [1.29, 1.82) is 0 Å². The number of rotatable bonds is 2. The molecule has 0 saturated heterocycles. The zero-order valence-electron chi connectivity index (χ0n) is 8.34. The molecule has 4 saturated carbocycles. The summed E-state index contributed by atoms with van der Waals surface area (Å²) >= 11 is 0. The molecular weight excluding hydrogens is 144 g/mol. The second-order valence-corrected chi connectivity index (χ2v) is 5.57. The maximum atomic E-state index is 2.48. The summed E-state index contributed by atoms with van der Waals surface area (Å²) in [6.45, 7) is 4.85. The molecule has 0 heteroatoms. The summed E-state index contributed by atoms with van der Waals surface area (Å²) in [6, 6.07) is 0. The average molecular weight is 164 g/mol. The van der Waals surface area contributed by atoms with Gasteiger partial charge in [0.05, 0.1) is 0 Å². The van der Waals surface area contributed by atoms with Crippen molar-refractivity contribution < 1.29 is 0 Å². The summed E-state index contributed by atoms with van der Waals surface area (Å²) in [5.41, 5.74) is 0.917. The summed E-state index contributed by atoms with van der Waals surface area (Å²) in [4.78, 5) is 0. The molecular formula is C12H20. The molecule has 5 atom stereocenters. The Morgan fingerprint density at radius 1 is 1.50 bits per heavy atom. The average Bonchev–Trinajstić information content (AvgIpc) is 2.53. The highest BCUT2D eigenvalue weighted by atomic mass is 14.7. The molecule has 0 aliphatic heterocycles. The number of hydrogen-bond acceptors (Lipinski definition) is 0. The van der Waals surface area contributed by atoms with Crippen molar-refractivity contribution in [2.75, 3.05) is 0 Å². The lowest BCUT2D eigenvalue weighted by molar-refractivity contribution is -0.103. The molecule has 1 spiro atoms. The Hall–Kier alpha value is 0. The van der Waals surface area contributed by atoms with Crippen molar-refractivity contribution >= 4 is 0 Å². The molecule has 0 radical (unpaired) electrons. The topological polar surface area (TPSA) is 0 Å². The van der Waals surface area contributed by atoms with E-state index in [9.17, 15) is 0 Å². The quantitative estimate of drug-likeness (QED) is 0.586. The van der Waals surface area contributed by atoms with E-state index < -0.39 is 0 Å². The molecule has 0 aromatic rings. The predicted octanol–water partition coefficient (Wildman–Crippen LogP) is 3.47. The van der Waals surface area contributed by atoms with Crippen molar-refractivity contribution in [3.8, 4) is 0 Å². The molecule has 5 unspecified atom stereocenters. The van der Waals surface area contributed by atoms with Gasteiger partial charge in [-0.05, 0) is 54.8 Å². The molecule has 12 heavy (non-hydrogen) atoms. The summed E-state index contributed by atoms with van der Waals surface area (Å²) < 4.78 is 0. The molecule has 0 heterocycles. The summed E-state index contributed by atoms with van der Waals surface area (Å²) in [5.74, 6) is 4.53. The van der Waals surface area contributed by atoms with Gasteiger partial charge in [0.25, 0.3) is 0 Å². The van der Waals surface area contributed by atoms with E-state index in [1.807, 2.05) is 0 Å². The van der Waals surface area contributed by atoms with Crippen LogP contribution in [0.5, 0.6) is 0 Å². The van der Waals surface area contributed by atoms with E-state index in [4.69, 9.17) is 0 Å². The Balaban J connectivity index is 1.82. The van der Waals surface area contributed by atoms with Crippen LogP contribution in [0.1, 0.15) is 46.0 Å². The van der Waals surface area contributed by atoms with Gasteiger partial charge in [-0.3, -0.25) is 0 Å². The lowest BCUT2D eigenvalue weighted by Gasteiger charge is -2.59. The number of hydrogen-bond donors (Lipinski definition) is 0. The van der Waals surface area contributed by atoms with Crippen LogP contribution in [-0.2, 0) is 0 Å². The number of fused-ring (bicyclic) bond motifs is 1. The monoisotopic (exact) mass is 164 g/mol. The normalized spacial score (nSPS) is 57.0. The van der Waals surface area contributed by atoms with Gasteiger partial charge in [-0.15, -0.1) is 0 Å². The molecule has 0 nitrogen and oxygen atoms in total. The smallest absolute Gasteiger partial charge is 0.0233 e. The second kappa shape index (κ2) is 2.08. The van der Waals surface area contributed by atoms with Crippen LogP contribution in [0.4, 0.5) is 0 Å². The van der Waals surface area contributed by atoms with Crippen molar-refractivity contribution in [1.82, 2.24) is 0 Å². The second-order valence-electron chi connectivity index (χ2n) is 5.57. The lowest BCUT2D eigenvalue weighted by Crippen LogP contribution is -2.51. The maximum absolute atomic E-state index is 2.48. The van der Waals surface area contributed by atoms with Crippen LogP contribution in [0.2, 0.25) is 0 Å². The van der Waals surface area contributed by atoms with Gasteiger partial charge >= 0.3 is 0 Å². The minimum absolute atomic E-state index is 0.917. The van der Waals surface area contributed by atoms with E-state index in [1.54, 1.807) is 25.7 Å². The first-order chi connectivity index (χ1) is 5.78. The molecule has 4 rings (SSSR count). The minimum atomic E-state index is 0.917. The van der Waals surface area contributed by atoms with Gasteiger partial charge < -0.3 is 0 Å². The molecule has 0 amide bonds. The maximum Gasteiger partial charge on any atom is -0.0233 e. The summed E-state index contributed by atoms with van der Waals surface area (Å²) in [6.07, 6.45) is 7.79. The molecule has 4 aliphatic carbocycles. The fourth-order valence-electron chi connectivity index (χ4n) is 4.61. The third-order valence-corrected chi connectivity index (χ3v) is 5.50. The van der Waals surface area contributed by atoms with E-state index in [0.717, 1.165) is 17.3 Å². The van der Waals surface area contributed by atoms with Crippen molar-refractivity contribution in [2.45, 2.75) is 46.0 Å². The first kappa shape index (κ1) is 7.41. The van der Waals surface area contributed by atoms with Crippen molar-refractivity contribution in [3.05, 3.63) is 0 Å². The van der Waals surface area contributed by atoms with Gasteiger partial charge in [-0.25, -0.2) is 0 Å². The van der Waals surface area contributed by atoms with E-state index in [1.165, 1.54) is 18.3 Å². The Morgan fingerprint density at radius 2 is 2.33 bits per heavy atom. The van der Waals surface area contributed by atoms with Crippen LogP contribution in [0, 0.1) is 29.1 Å². The van der Waals surface area contributed by atoms with Crippen LogP contribution in [0.15, 0.2) is 0 Å². The summed E-state index contributed by atoms with van der Waals surface area (Å²) in [5, 5.41) is 0. The van der Waals surface area contributed by atoms with Crippen LogP contribution < -0.4 is 0 Å². The van der Waals surface area contributed by atoms with Crippen LogP contribution in [0.3, 0.4) is 0 Å². The molecule has 0 aromatic carbocycles. The Bertz CT molecular complexity index is 208. The highest BCUT2D eigenvalue weighted by molar-refractivity contribution is 5.18. The molecule has 2 bridgehead atoms. The summed E-state index contributed by atoms with van der Waals surface area (Å²) in [7, 11) is 0. The van der Waals surface area contributed by atoms with E-state index in [2.05, 4.69) is 13.8 Å².